The molecule has 1 saturated heterocycles. The van der Waals surface area contributed by atoms with E-state index in [9.17, 15) is 13.2 Å². The third-order valence-electron chi connectivity index (χ3n) is 2.33. The van der Waals surface area contributed by atoms with E-state index < -0.39 is 17.5 Å². The summed E-state index contributed by atoms with van der Waals surface area (Å²) in [7, 11) is 0. The summed E-state index contributed by atoms with van der Waals surface area (Å²) in [5.41, 5.74) is 0.367. The molecule has 1 aromatic rings. The molecule has 1 aliphatic heterocycles. The molecule has 0 saturated carbocycles. The maximum atomic E-state index is 12.9. The maximum absolute atomic E-state index is 12.9. The summed E-state index contributed by atoms with van der Waals surface area (Å²) in [5.74, 6) is -3.77. The molecule has 1 heterocycles. The van der Waals surface area contributed by atoms with Gasteiger partial charge in [-0.05, 0) is 17.7 Å². The van der Waals surface area contributed by atoms with E-state index in [4.69, 9.17) is 4.74 Å². The van der Waals surface area contributed by atoms with Gasteiger partial charge in [-0.1, -0.05) is 0 Å². The molecule has 0 aromatic heterocycles. The van der Waals surface area contributed by atoms with Gasteiger partial charge in [-0.15, -0.1) is 0 Å². The van der Waals surface area contributed by atoms with Crippen LogP contribution in [0.25, 0.3) is 0 Å². The van der Waals surface area contributed by atoms with Gasteiger partial charge < -0.3 is 10.1 Å². The van der Waals surface area contributed by atoms with Crippen molar-refractivity contribution in [3.8, 4) is 0 Å². The maximum Gasteiger partial charge on any atom is 0.194 e. The van der Waals surface area contributed by atoms with Crippen molar-refractivity contribution in [2.45, 2.75) is 6.04 Å². The van der Waals surface area contributed by atoms with E-state index in [1.807, 2.05) is 0 Å². The van der Waals surface area contributed by atoms with E-state index in [-0.39, 0.29) is 6.04 Å². The summed E-state index contributed by atoms with van der Waals surface area (Å²) in [6.07, 6.45) is 0. The van der Waals surface area contributed by atoms with Crippen LogP contribution >= 0.6 is 0 Å². The van der Waals surface area contributed by atoms with Crippen molar-refractivity contribution >= 4 is 0 Å². The average Bonchev–Trinajstić information content (AvgIpc) is 2.26. The first kappa shape index (κ1) is 10.4. The SMILES string of the molecule is Fc1cc([C@@H]2COCCN2)cc(F)c1F. The van der Waals surface area contributed by atoms with E-state index in [0.29, 0.717) is 25.3 Å². The molecule has 0 bridgehead atoms. The molecule has 0 radical (unpaired) electrons. The third-order valence-corrected chi connectivity index (χ3v) is 2.33. The van der Waals surface area contributed by atoms with Crippen LogP contribution in [-0.2, 0) is 4.74 Å². The lowest BCUT2D eigenvalue weighted by atomic mass is 10.1. The van der Waals surface area contributed by atoms with Crippen molar-refractivity contribution in [1.82, 2.24) is 5.32 Å². The molecular weight excluding hydrogens is 207 g/mol. The second kappa shape index (κ2) is 4.20. The van der Waals surface area contributed by atoms with Crippen LogP contribution in [0.1, 0.15) is 11.6 Å². The first-order valence-electron chi connectivity index (χ1n) is 4.64. The lowest BCUT2D eigenvalue weighted by Crippen LogP contribution is -2.34. The van der Waals surface area contributed by atoms with Crippen LogP contribution in [0.4, 0.5) is 13.2 Å². The Bertz CT molecular complexity index is 341. The Morgan fingerprint density at radius 2 is 1.87 bits per heavy atom. The normalized spacial score (nSPS) is 21.7. The highest BCUT2D eigenvalue weighted by molar-refractivity contribution is 5.23. The molecule has 82 valence electrons. The van der Waals surface area contributed by atoms with Crippen molar-refractivity contribution in [2.75, 3.05) is 19.8 Å². The molecule has 2 nitrogen and oxygen atoms in total. The van der Waals surface area contributed by atoms with Crippen LogP contribution in [0, 0.1) is 17.5 Å². The lowest BCUT2D eigenvalue weighted by molar-refractivity contribution is 0.0766. The second-order valence-corrected chi connectivity index (χ2v) is 3.38. The van der Waals surface area contributed by atoms with Gasteiger partial charge in [0.25, 0.3) is 0 Å². The Morgan fingerprint density at radius 3 is 2.40 bits per heavy atom. The van der Waals surface area contributed by atoms with Crippen molar-refractivity contribution in [3.63, 3.8) is 0 Å². The quantitative estimate of drug-likeness (QED) is 0.724. The highest BCUT2D eigenvalue weighted by atomic mass is 19.2. The molecule has 15 heavy (non-hydrogen) atoms. The zero-order valence-electron chi connectivity index (χ0n) is 7.90. The fourth-order valence-corrected chi connectivity index (χ4v) is 1.56. The summed E-state index contributed by atoms with van der Waals surface area (Å²) >= 11 is 0. The monoisotopic (exact) mass is 217 g/mol. The number of hydrogen-bond acceptors (Lipinski definition) is 2. The molecule has 1 aliphatic rings. The minimum absolute atomic E-state index is 0.275. The Balaban J connectivity index is 2.27. The fourth-order valence-electron chi connectivity index (χ4n) is 1.56. The van der Waals surface area contributed by atoms with E-state index >= 15 is 0 Å². The summed E-state index contributed by atoms with van der Waals surface area (Å²) in [4.78, 5) is 0. The van der Waals surface area contributed by atoms with Gasteiger partial charge in [-0.3, -0.25) is 0 Å². The predicted molar refractivity (Wildman–Crippen MR) is 47.9 cm³/mol. The van der Waals surface area contributed by atoms with Gasteiger partial charge in [0.05, 0.1) is 19.3 Å². The van der Waals surface area contributed by atoms with Crippen molar-refractivity contribution in [3.05, 3.63) is 35.1 Å². The molecule has 2 rings (SSSR count). The Kier molecular flexibility index (Phi) is 2.93. The smallest absolute Gasteiger partial charge is 0.194 e. The molecule has 5 heteroatoms. The molecule has 0 unspecified atom stereocenters. The molecule has 1 N–H and O–H groups in total. The minimum atomic E-state index is -1.43. The predicted octanol–water partition coefficient (Wildman–Crippen LogP) is 1.76. The molecule has 1 atom stereocenters. The van der Waals surface area contributed by atoms with E-state index in [1.54, 1.807) is 0 Å². The van der Waals surface area contributed by atoms with E-state index in [2.05, 4.69) is 5.32 Å². The average molecular weight is 217 g/mol. The summed E-state index contributed by atoms with van der Waals surface area (Å²) in [6.45, 7) is 1.53. The van der Waals surface area contributed by atoms with Crippen LogP contribution in [0.2, 0.25) is 0 Å². The Labute approximate surface area is 85.0 Å². The summed E-state index contributed by atoms with van der Waals surface area (Å²) < 4.78 is 43.6. The van der Waals surface area contributed by atoms with Crippen LogP contribution in [0.5, 0.6) is 0 Å². The number of rotatable bonds is 1. The van der Waals surface area contributed by atoms with Crippen LogP contribution in [0.3, 0.4) is 0 Å². The van der Waals surface area contributed by atoms with E-state index in [1.165, 1.54) is 0 Å². The highest BCUT2D eigenvalue weighted by Gasteiger charge is 2.19. The van der Waals surface area contributed by atoms with Gasteiger partial charge in [0.2, 0.25) is 0 Å². The minimum Gasteiger partial charge on any atom is -0.378 e. The molecule has 0 amide bonds. The molecule has 1 aromatic carbocycles. The van der Waals surface area contributed by atoms with Crippen molar-refractivity contribution < 1.29 is 17.9 Å². The lowest BCUT2D eigenvalue weighted by Gasteiger charge is -2.24. The molecule has 1 fully saturated rings. The number of nitrogens with one attached hydrogen (secondary N) is 1. The topological polar surface area (TPSA) is 21.3 Å². The van der Waals surface area contributed by atoms with E-state index in [0.717, 1.165) is 12.1 Å². The van der Waals surface area contributed by atoms with Gasteiger partial charge in [-0.2, -0.15) is 0 Å². The molecular formula is C10H10F3NO. The molecule has 0 spiro atoms. The van der Waals surface area contributed by atoms with Gasteiger partial charge in [0, 0.05) is 6.54 Å². The van der Waals surface area contributed by atoms with Crippen molar-refractivity contribution in [2.24, 2.45) is 0 Å². The second-order valence-electron chi connectivity index (χ2n) is 3.38. The Hall–Kier alpha value is -1.07. The zero-order chi connectivity index (χ0) is 10.8. The Morgan fingerprint density at radius 1 is 1.20 bits per heavy atom. The van der Waals surface area contributed by atoms with Gasteiger partial charge >= 0.3 is 0 Å². The number of morpholine rings is 1. The number of halogens is 3. The molecule has 0 aliphatic carbocycles. The largest absolute Gasteiger partial charge is 0.378 e. The number of ether oxygens (including phenoxy) is 1. The zero-order valence-corrected chi connectivity index (χ0v) is 7.90. The first-order valence-corrected chi connectivity index (χ1v) is 4.64. The fraction of sp³-hybridized carbons (Fsp3) is 0.400. The van der Waals surface area contributed by atoms with Crippen molar-refractivity contribution in [1.29, 1.82) is 0 Å². The number of hydrogen-bond donors (Lipinski definition) is 1. The summed E-state index contributed by atoms with van der Waals surface area (Å²) in [5, 5.41) is 3.03. The van der Waals surface area contributed by atoms with Crippen LogP contribution in [-0.4, -0.2) is 19.8 Å². The van der Waals surface area contributed by atoms with Crippen LogP contribution in [0.15, 0.2) is 12.1 Å². The summed E-state index contributed by atoms with van der Waals surface area (Å²) in [6, 6.07) is 1.71. The van der Waals surface area contributed by atoms with Gasteiger partial charge in [0.15, 0.2) is 17.5 Å². The van der Waals surface area contributed by atoms with Gasteiger partial charge in [-0.25, -0.2) is 13.2 Å². The first-order chi connectivity index (χ1) is 7.18. The highest BCUT2D eigenvalue weighted by Crippen LogP contribution is 2.20. The van der Waals surface area contributed by atoms with Gasteiger partial charge in [0.1, 0.15) is 0 Å². The third kappa shape index (κ3) is 2.13. The van der Waals surface area contributed by atoms with Crippen LogP contribution < -0.4 is 5.32 Å². The number of benzene rings is 1. The standard InChI is InChI=1S/C10H10F3NO/c11-7-3-6(4-8(12)10(7)13)9-5-15-2-1-14-9/h3-4,9,14H,1-2,5H2/t9-/m0/s1.